The predicted molar refractivity (Wildman–Crippen MR) is 158 cm³/mol. The summed E-state index contributed by atoms with van der Waals surface area (Å²) < 4.78 is 0. The van der Waals surface area contributed by atoms with Crippen molar-refractivity contribution in [3.8, 4) is 0 Å². The van der Waals surface area contributed by atoms with Crippen molar-refractivity contribution in [1.29, 1.82) is 0 Å². The van der Waals surface area contributed by atoms with E-state index in [1.165, 1.54) is 11.1 Å². The molecule has 182 valence electrons. The average molecular weight is 549 g/mol. The molecule has 0 aliphatic carbocycles. The highest BCUT2D eigenvalue weighted by Crippen LogP contribution is 2.26. The van der Waals surface area contributed by atoms with Crippen molar-refractivity contribution >= 4 is 102 Å². The Hall–Kier alpha value is -2.96. The van der Waals surface area contributed by atoms with Gasteiger partial charge in [-0.05, 0) is 84.6 Å². The van der Waals surface area contributed by atoms with Crippen LogP contribution in [0.25, 0.3) is 51.9 Å². The average Bonchev–Trinajstić information content (AvgIpc) is 3.54. The molecule has 0 fully saturated rings. The first-order chi connectivity index (χ1) is 15.2. The maximum atomic E-state index is 4.77. The van der Waals surface area contributed by atoms with Crippen molar-refractivity contribution in [1.82, 2.24) is 24.8 Å². The molecule has 3 aliphatic rings. The molecule has 6 heterocycles. The van der Waals surface area contributed by atoms with Gasteiger partial charge in [0.05, 0.1) is 22.8 Å². The quantitative estimate of drug-likeness (QED) is 0.233. The van der Waals surface area contributed by atoms with E-state index in [4.69, 9.17) is 4.98 Å². The van der Waals surface area contributed by atoms with Gasteiger partial charge >= 0.3 is 0 Å². The number of fused-ring (bicyclic) bond motifs is 8. The van der Waals surface area contributed by atoms with Crippen LogP contribution in [0.2, 0.25) is 0 Å². The van der Waals surface area contributed by atoms with E-state index in [9.17, 15) is 0 Å². The molecule has 0 radical (unpaired) electrons. The molecule has 6 rings (SSSR count). The zero-order valence-electron chi connectivity index (χ0n) is 18.8. The second kappa shape index (κ2) is 11.6. The minimum Gasteiger partial charge on any atom is -0.377 e. The zero-order chi connectivity index (χ0) is 20.8. The molecule has 2 N–H and O–H groups in total. The van der Waals surface area contributed by atoms with Crippen molar-refractivity contribution in [2.24, 2.45) is 0 Å². The van der Waals surface area contributed by atoms with E-state index in [0.717, 1.165) is 51.4 Å². The molecule has 0 unspecified atom stereocenters. The third-order valence-electron chi connectivity index (χ3n) is 5.59. The first kappa shape index (κ1) is 28.3. The van der Waals surface area contributed by atoms with E-state index in [2.05, 4.69) is 81.6 Å². The number of hydrogen-bond acceptors (Lipinski definition) is 3. The summed E-state index contributed by atoms with van der Waals surface area (Å²) in [6.45, 7) is 0.896. The molecule has 0 atom stereocenters. The van der Waals surface area contributed by atoms with Crippen LogP contribution in [0.3, 0.4) is 0 Å². The minimum absolute atomic E-state index is 0. The van der Waals surface area contributed by atoms with Crippen LogP contribution in [0.4, 0.5) is 0 Å². The Kier molecular flexibility index (Phi) is 9.41. The summed E-state index contributed by atoms with van der Waals surface area (Å²) in [4.78, 5) is 18.7. The van der Waals surface area contributed by atoms with Crippen molar-refractivity contribution in [2.75, 3.05) is 13.6 Å². The van der Waals surface area contributed by atoms with Gasteiger partial charge in [-0.15, -0.1) is 49.6 Å². The fourth-order valence-electron chi connectivity index (χ4n) is 4.04. The van der Waals surface area contributed by atoms with Gasteiger partial charge in [0.25, 0.3) is 0 Å². The van der Waals surface area contributed by atoms with Gasteiger partial charge in [0, 0.05) is 41.2 Å². The van der Waals surface area contributed by atoms with E-state index >= 15 is 0 Å². The molecular weight excluding hydrogens is 524 g/mol. The predicted octanol–water partition coefficient (Wildman–Crippen LogP) is 7.19. The van der Waals surface area contributed by atoms with E-state index in [1.807, 2.05) is 30.4 Å². The summed E-state index contributed by atoms with van der Waals surface area (Å²) in [5.41, 5.74) is 10.2. The topological polar surface area (TPSA) is 60.6 Å². The lowest BCUT2D eigenvalue weighted by Crippen LogP contribution is -2.13. The fourth-order valence-corrected chi connectivity index (χ4v) is 4.04. The molecular formula is C26H25Cl4N5. The first-order valence-electron chi connectivity index (χ1n) is 10.4. The number of nitrogens with one attached hydrogen (secondary N) is 2. The fraction of sp³-hybridized carbons (Fsp3) is 0.0769. The van der Waals surface area contributed by atoms with Crippen LogP contribution < -0.4 is 0 Å². The third kappa shape index (κ3) is 6.00. The minimum atomic E-state index is 0. The van der Waals surface area contributed by atoms with Crippen molar-refractivity contribution in [3.63, 3.8) is 0 Å². The molecule has 5 nitrogen and oxygen atoms in total. The van der Waals surface area contributed by atoms with Gasteiger partial charge in [0.2, 0.25) is 0 Å². The van der Waals surface area contributed by atoms with Crippen LogP contribution in [0.5, 0.6) is 0 Å². The van der Waals surface area contributed by atoms with Gasteiger partial charge in [-0.25, -0.2) is 9.97 Å². The van der Waals surface area contributed by atoms with Gasteiger partial charge in [-0.3, -0.25) is 0 Å². The number of allylic oxidation sites excluding steroid dienone is 2. The van der Waals surface area contributed by atoms with Crippen molar-refractivity contribution < 1.29 is 0 Å². The summed E-state index contributed by atoms with van der Waals surface area (Å²) >= 11 is 0. The van der Waals surface area contributed by atoms with Crippen LogP contribution in [0.1, 0.15) is 28.3 Å². The van der Waals surface area contributed by atoms with Gasteiger partial charge < -0.3 is 14.9 Å². The van der Waals surface area contributed by atoms with E-state index < -0.39 is 0 Å². The number of aromatic amines is 2. The zero-order valence-corrected chi connectivity index (χ0v) is 22.0. The second-order valence-electron chi connectivity index (χ2n) is 8.00. The largest absolute Gasteiger partial charge is 0.377 e. The molecule has 8 bridgehead atoms. The van der Waals surface area contributed by atoms with Crippen LogP contribution in [-0.4, -0.2) is 38.4 Å². The molecule has 0 aromatic carbocycles. The van der Waals surface area contributed by atoms with Crippen LogP contribution in [0, 0.1) is 0 Å². The number of rotatable bonds is 1. The van der Waals surface area contributed by atoms with Gasteiger partial charge in [0.1, 0.15) is 0 Å². The Morgan fingerprint density at radius 2 is 1.26 bits per heavy atom. The molecule has 35 heavy (non-hydrogen) atoms. The molecule has 3 aromatic heterocycles. The Morgan fingerprint density at radius 3 is 1.89 bits per heavy atom. The highest BCUT2D eigenvalue weighted by Gasteiger charge is 2.09. The summed E-state index contributed by atoms with van der Waals surface area (Å²) in [6.07, 6.45) is 14.7. The molecule has 3 aromatic rings. The van der Waals surface area contributed by atoms with E-state index in [0.29, 0.717) is 0 Å². The molecule has 0 saturated carbocycles. The van der Waals surface area contributed by atoms with E-state index in [1.54, 1.807) is 0 Å². The summed E-state index contributed by atoms with van der Waals surface area (Å²) in [6, 6.07) is 14.7. The number of aromatic nitrogens is 4. The van der Waals surface area contributed by atoms with Gasteiger partial charge in [-0.1, -0.05) is 6.08 Å². The molecule has 9 heteroatoms. The lowest BCUT2D eigenvalue weighted by Gasteiger charge is -2.16. The van der Waals surface area contributed by atoms with Gasteiger partial charge in [-0.2, -0.15) is 0 Å². The molecule has 0 amide bonds. The Labute approximate surface area is 228 Å². The van der Waals surface area contributed by atoms with Crippen LogP contribution in [0.15, 0.2) is 60.8 Å². The lowest BCUT2D eigenvalue weighted by molar-refractivity contribution is 0.506. The Balaban J connectivity index is 0.00000108. The first-order valence-corrected chi connectivity index (χ1v) is 10.4. The number of nitrogens with zero attached hydrogens (tertiary/aromatic N) is 3. The monoisotopic (exact) mass is 547 g/mol. The smallest absolute Gasteiger partial charge is 0.0659 e. The number of hydrogen-bond donors (Lipinski definition) is 2. The third-order valence-corrected chi connectivity index (χ3v) is 5.59. The SMILES string of the molecule is CN1C=CC(c2cc3cc4ccc(cc5nc(cc6nc(cc2[nH]3)C=C6)C=C5)[nH]4)=CC1.Cl.Cl.Cl.Cl. The number of halogens is 4. The molecule has 0 saturated heterocycles. The highest BCUT2D eigenvalue weighted by molar-refractivity contribution is 5.89. The normalized spacial score (nSPS) is 13.2. The summed E-state index contributed by atoms with van der Waals surface area (Å²) in [7, 11) is 2.08. The van der Waals surface area contributed by atoms with Crippen LogP contribution in [-0.2, 0) is 0 Å². The van der Waals surface area contributed by atoms with Crippen LogP contribution >= 0.6 is 49.6 Å². The summed E-state index contributed by atoms with van der Waals surface area (Å²) in [5.74, 6) is 0. The Bertz CT molecular complexity index is 1490. The molecule has 3 aliphatic heterocycles. The highest BCUT2D eigenvalue weighted by atomic mass is 35.5. The second-order valence-corrected chi connectivity index (χ2v) is 8.00. The standard InChI is InChI=1S/C26H21N5.4ClH/c1-31-10-8-17(9-11-31)25-15-24-14-22-5-4-20(28-22)12-18-2-3-19(27-18)13-21-6-7-23(29-21)16-26(25)30-24;;;;/h2-10,12-16,28,30H,11H2,1H3;4*1H. The Morgan fingerprint density at radius 1 is 0.657 bits per heavy atom. The lowest BCUT2D eigenvalue weighted by atomic mass is 10.0. The summed E-state index contributed by atoms with van der Waals surface area (Å²) in [5, 5.41) is 0. The maximum absolute atomic E-state index is 4.77. The maximum Gasteiger partial charge on any atom is 0.0659 e. The van der Waals surface area contributed by atoms with Gasteiger partial charge in [0.15, 0.2) is 0 Å². The molecule has 0 spiro atoms. The van der Waals surface area contributed by atoms with E-state index in [-0.39, 0.29) is 49.6 Å². The number of H-pyrrole nitrogens is 2. The van der Waals surface area contributed by atoms with Crippen molar-refractivity contribution in [2.45, 2.75) is 0 Å². The van der Waals surface area contributed by atoms with Crippen molar-refractivity contribution in [3.05, 3.63) is 89.2 Å². The number of likely N-dealkylation sites (N-methyl/N-ethyl adjacent to an activating group) is 1.